The Kier molecular flexibility index (Phi) is 2.91. The van der Waals surface area contributed by atoms with Gasteiger partial charge < -0.3 is 4.74 Å². The predicted octanol–water partition coefficient (Wildman–Crippen LogP) is 3.37. The molecule has 1 aromatic heterocycles. The molecule has 0 fully saturated rings. The van der Waals surface area contributed by atoms with Crippen LogP contribution in [0, 0.1) is 13.8 Å². The summed E-state index contributed by atoms with van der Waals surface area (Å²) in [6, 6.07) is 8.31. The van der Waals surface area contributed by atoms with Crippen LogP contribution in [0.4, 0.5) is 0 Å². The predicted molar refractivity (Wildman–Crippen MR) is 65.7 cm³/mol. The van der Waals surface area contributed by atoms with E-state index in [1.807, 2.05) is 24.5 Å². The van der Waals surface area contributed by atoms with Crippen molar-refractivity contribution in [2.24, 2.45) is 0 Å². The SMILES string of the molecule is COc1c(C)cc(-c2ccncc2)cc1C. The quantitative estimate of drug-likeness (QED) is 0.763. The van der Waals surface area contributed by atoms with Crippen molar-refractivity contribution in [1.82, 2.24) is 4.98 Å². The summed E-state index contributed by atoms with van der Waals surface area (Å²) < 4.78 is 5.35. The standard InChI is InChI=1S/C14H15NO/c1-10-8-13(9-11(2)14(10)16-3)12-4-6-15-7-5-12/h4-9H,1-3H3. The Hall–Kier alpha value is -1.83. The summed E-state index contributed by atoms with van der Waals surface area (Å²) in [5.41, 5.74) is 4.71. The Balaban J connectivity index is 2.53. The van der Waals surface area contributed by atoms with E-state index in [-0.39, 0.29) is 0 Å². The van der Waals surface area contributed by atoms with E-state index in [2.05, 4.69) is 31.0 Å². The lowest BCUT2D eigenvalue weighted by Crippen LogP contribution is -1.92. The number of hydrogen-bond acceptors (Lipinski definition) is 2. The van der Waals surface area contributed by atoms with Crippen molar-refractivity contribution in [1.29, 1.82) is 0 Å². The van der Waals surface area contributed by atoms with Gasteiger partial charge in [0.05, 0.1) is 7.11 Å². The molecule has 2 aromatic rings. The fourth-order valence-electron chi connectivity index (χ4n) is 1.98. The van der Waals surface area contributed by atoms with Gasteiger partial charge in [0, 0.05) is 12.4 Å². The fourth-order valence-corrected chi connectivity index (χ4v) is 1.98. The number of ether oxygens (including phenoxy) is 1. The Morgan fingerprint density at radius 1 is 0.938 bits per heavy atom. The summed E-state index contributed by atoms with van der Waals surface area (Å²) in [4.78, 5) is 4.02. The maximum atomic E-state index is 5.35. The second-order valence-electron chi connectivity index (χ2n) is 3.88. The monoisotopic (exact) mass is 213 g/mol. The normalized spacial score (nSPS) is 10.2. The van der Waals surface area contributed by atoms with Crippen LogP contribution in [0.5, 0.6) is 5.75 Å². The zero-order chi connectivity index (χ0) is 11.5. The molecule has 0 N–H and O–H groups in total. The molecule has 1 aromatic carbocycles. The van der Waals surface area contributed by atoms with Crippen LogP contribution in [-0.4, -0.2) is 12.1 Å². The van der Waals surface area contributed by atoms with E-state index in [0.717, 1.165) is 16.9 Å². The Labute approximate surface area is 95.9 Å². The highest BCUT2D eigenvalue weighted by Crippen LogP contribution is 2.29. The van der Waals surface area contributed by atoms with E-state index in [1.165, 1.54) is 11.1 Å². The minimum absolute atomic E-state index is 0.970. The van der Waals surface area contributed by atoms with Gasteiger partial charge in [-0.05, 0) is 60.4 Å². The minimum Gasteiger partial charge on any atom is -0.496 e. The van der Waals surface area contributed by atoms with Crippen LogP contribution in [-0.2, 0) is 0 Å². The van der Waals surface area contributed by atoms with E-state index < -0.39 is 0 Å². The summed E-state index contributed by atoms with van der Waals surface area (Å²) in [5, 5.41) is 0. The molecule has 0 saturated heterocycles. The molecule has 0 unspecified atom stereocenters. The Morgan fingerprint density at radius 2 is 1.50 bits per heavy atom. The highest BCUT2D eigenvalue weighted by atomic mass is 16.5. The summed E-state index contributed by atoms with van der Waals surface area (Å²) in [6.07, 6.45) is 3.62. The summed E-state index contributed by atoms with van der Waals surface area (Å²) in [7, 11) is 1.71. The van der Waals surface area contributed by atoms with Crippen LogP contribution in [0.1, 0.15) is 11.1 Å². The van der Waals surface area contributed by atoms with Crippen LogP contribution in [0.15, 0.2) is 36.7 Å². The number of hydrogen-bond donors (Lipinski definition) is 0. The number of methoxy groups -OCH3 is 1. The molecule has 0 spiro atoms. The molecule has 2 rings (SSSR count). The topological polar surface area (TPSA) is 22.1 Å². The molecule has 0 radical (unpaired) electrons. The zero-order valence-electron chi connectivity index (χ0n) is 9.82. The van der Waals surface area contributed by atoms with Gasteiger partial charge in [0.2, 0.25) is 0 Å². The van der Waals surface area contributed by atoms with E-state index in [1.54, 1.807) is 7.11 Å². The molecule has 1 heterocycles. The molecule has 0 atom stereocenters. The number of pyridine rings is 1. The van der Waals surface area contributed by atoms with Gasteiger partial charge in [-0.25, -0.2) is 0 Å². The Bertz CT molecular complexity index is 468. The second-order valence-corrected chi connectivity index (χ2v) is 3.88. The van der Waals surface area contributed by atoms with Crippen LogP contribution in [0.25, 0.3) is 11.1 Å². The van der Waals surface area contributed by atoms with E-state index >= 15 is 0 Å². The molecular formula is C14H15NO. The van der Waals surface area contributed by atoms with Crippen molar-refractivity contribution in [3.8, 4) is 16.9 Å². The van der Waals surface area contributed by atoms with Gasteiger partial charge in [0.25, 0.3) is 0 Å². The van der Waals surface area contributed by atoms with E-state index in [4.69, 9.17) is 4.74 Å². The molecule has 2 heteroatoms. The molecule has 16 heavy (non-hydrogen) atoms. The molecule has 2 nitrogen and oxygen atoms in total. The third-order valence-electron chi connectivity index (χ3n) is 2.68. The van der Waals surface area contributed by atoms with Gasteiger partial charge in [0.15, 0.2) is 0 Å². The first kappa shape index (κ1) is 10.7. The lowest BCUT2D eigenvalue weighted by Gasteiger charge is -2.11. The molecule has 0 aliphatic carbocycles. The van der Waals surface area contributed by atoms with E-state index in [9.17, 15) is 0 Å². The summed E-state index contributed by atoms with van der Waals surface area (Å²) in [5.74, 6) is 0.970. The number of aryl methyl sites for hydroxylation is 2. The van der Waals surface area contributed by atoms with Crippen molar-refractivity contribution < 1.29 is 4.74 Å². The average molecular weight is 213 g/mol. The van der Waals surface area contributed by atoms with Gasteiger partial charge in [-0.1, -0.05) is 0 Å². The van der Waals surface area contributed by atoms with Crippen LogP contribution < -0.4 is 4.74 Å². The number of aromatic nitrogens is 1. The number of rotatable bonds is 2. The maximum Gasteiger partial charge on any atom is 0.124 e. The molecule has 0 saturated carbocycles. The molecule has 0 amide bonds. The highest BCUT2D eigenvalue weighted by Gasteiger charge is 2.06. The van der Waals surface area contributed by atoms with Crippen molar-refractivity contribution in [3.63, 3.8) is 0 Å². The van der Waals surface area contributed by atoms with Crippen LogP contribution in [0.2, 0.25) is 0 Å². The number of nitrogens with zero attached hydrogens (tertiary/aromatic N) is 1. The van der Waals surface area contributed by atoms with Crippen LogP contribution >= 0.6 is 0 Å². The Morgan fingerprint density at radius 3 is 2.00 bits per heavy atom. The zero-order valence-corrected chi connectivity index (χ0v) is 9.82. The van der Waals surface area contributed by atoms with Crippen LogP contribution in [0.3, 0.4) is 0 Å². The second kappa shape index (κ2) is 4.35. The van der Waals surface area contributed by atoms with Gasteiger partial charge in [-0.2, -0.15) is 0 Å². The van der Waals surface area contributed by atoms with Gasteiger partial charge >= 0.3 is 0 Å². The smallest absolute Gasteiger partial charge is 0.124 e. The van der Waals surface area contributed by atoms with Gasteiger partial charge in [-0.3, -0.25) is 4.98 Å². The largest absolute Gasteiger partial charge is 0.496 e. The molecular weight excluding hydrogens is 198 g/mol. The van der Waals surface area contributed by atoms with Crippen molar-refractivity contribution in [2.45, 2.75) is 13.8 Å². The molecule has 0 aliphatic rings. The van der Waals surface area contributed by atoms with Crippen molar-refractivity contribution in [2.75, 3.05) is 7.11 Å². The molecule has 82 valence electrons. The third-order valence-corrected chi connectivity index (χ3v) is 2.68. The molecule has 0 bridgehead atoms. The first-order chi connectivity index (χ1) is 7.72. The van der Waals surface area contributed by atoms with E-state index in [0.29, 0.717) is 0 Å². The summed E-state index contributed by atoms with van der Waals surface area (Å²) >= 11 is 0. The maximum absolute atomic E-state index is 5.35. The molecule has 0 aliphatic heterocycles. The van der Waals surface area contributed by atoms with Gasteiger partial charge in [0.1, 0.15) is 5.75 Å². The highest BCUT2D eigenvalue weighted by molar-refractivity contribution is 5.66. The van der Waals surface area contributed by atoms with Crippen molar-refractivity contribution in [3.05, 3.63) is 47.8 Å². The first-order valence-corrected chi connectivity index (χ1v) is 5.28. The lowest BCUT2D eigenvalue weighted by atomic mass is 10.0. The third kappa shape index (κ3) is 1.91. The van der Waals surface area contributed by atoms with Gasteiger partial charge in [-0.15, -0.1) is 0 Å². The minimum atomic E-state index is 0.970. The lowest BCUT2D eigenvalue weighted by molar-refractivity contribution is 0.408. The first-order valence-electron chi connectivity index (χ1n) is 5.28. The fraction of sp³-hybridized carbons (Fsp3) is 0.214. The van der Waals surface area contributed by atoms with Crippen molar-refractivity contribution >= 4 is 0 Å². The summed E-state index contributed by atoms with van der Waals surface area (Å²) in [6.45, 7) is 4.13. The number of benzene rings is 1. The average Bonchev–Trinajstić information content (AvgIpc) is 2.30.